The molecule has 35 heavy (non-hydrogen) atoms. The monoisotopic (exact) mass is 495 g/mol. The van der Waals surface area contributed by atoms with Crippen LogP contribution in [0.4, 0.5) is 5.88 Å². The first kappa shape index (κ1) is 24.5. The molecule has 0 bridgehead atoms. The van der Waals surface area contributed by atoms with E-state index < -0.39 is 12.0 Å². The smallest absolute Gasteiger partial charge is 0.338 e. The molecule has 0 unspecified atom stereocenters. The van der Waals surface area contributed by atoms with Crippen LogP contribution < -0.4 is 24.5 Å². The van der Waals surface area contributed by atoms with Crippen molar-refractivity contribution in [1.82, 2.24) is 4.57 Å². The maximum atomic E-state index is 13.7. The summed E-state index contributed by atoms with van der Waals surface area (Å²) in [7, 11) is 1.56. The average molecular weight is 496 g/mol. The zero-order chi connectivity index (χ0) is 25.1. The SMILES string of the molecule is CCOC(=O)C1=C(C)N=c2s/c(=C/c3ccc(N(CC)CC)o3)c(=O)n2[C@H]1c1ccccc1OC. The van der Waals surface area contributed by atoms with Crippen molar-refractivity contribution in [1.29, 1.82) is 0 Å². The molecule has 1 atom stereocenters. The Morgan fingerprint density at radius 2 is 1.94 bits per heavy atom. The van der Waals surface area contributed by atoms with Gasteiger partial charge in [-0.2, -0.15) is 0 Å². The zero-order valence-electron chi connectivity index (χ0n) is 20.5. The summed E-state index contributed by atoms with van der Waals surface area (Å²) >= 11 is 1.26. The number of nitrogens with zero attached hydrogens (tertiary/aromatic N) is 3. The molecule has 0 saturated heterocycles. The first-order valence-electron chi connectivity index (χ1n) is 11.6. The van der Waals surface area contributed by atoms with E-state index in [0.717, 1.165) is 19.0 Å². The van der Waals surface area contributed by atoms with Gasteiger partial charge in [0.05, 0.1) is 29.5 Å². The lowest BCUT2D eigenvalue weighted by atomic mass is 9.95. The molecule has 1 aliphatic rings. The van der Waals surface area contributed by atoms with Gasteiger partial charge in [-0.3, -0.25) is 9.36 Å². The Balaban J connectivity index is 1.91. The fourth-order valence-electron chi connectivity index (χ4n) is 4.23. The van der Waals surface area contributed by atoms with E-state index in [1.807, 2.05) is 30.3 Å². The number of anilines is 1. The van der Waals surface area contributed by atoms with Crippen LogP contribution >= 0.6 is 11.3 Å². The van der Waals surface area contributed by atoms with E-state index in [2.05, 4.69) is 23.7 Å². The van der Waals surface area contributed by atoms with E-state index in [1.165, 1.54) is 11.3 Å². The summed E-state index contributed by atoms with van der Waals surface area (Å²) in [5, 5.41) is 0. The van der Waals surface area contributed by atoms with E-state index in [0.29, 0.717) is 37.7 Å². The average Bonchev–Trinajstić information content (AvgIpc) is 3.43. The van der Waals surface area contributed by atoms with Crippen LogP contribution in [0.1, 0.15) is 45.1 Å². The van der Waals surface area contributed by atoms with Crippen molar-refractivity contribution in [2.24, 2.45) is 4.99 Å². The third-order valence-electron chi connectivity index (χ3n) is 5.91. The van der Waals surface area contributed by atoms with Gasteiger partial charge >= 0.3 is 5.97 Å². The highest BCUT2D eigenvalue weighted by atomic mass is 32.1. The predicted octanol–water partition coefficient (Wildman–Crippen LogP) is 3.25. The Kier molecular flexibility index (Phi) is 7.25. The van der Waals surface area contributed by atoms with Crippen LogP contribution in [0.2, 0.25) is 0 Å². The molecule has 3 heterocycles. The van der Waals surface area contributed by atoms with Gasteiger partial charge < -0.3 is 18.8 Å². The molecule has 0 aliphatic carbocycles. The number of hydrogen-bond donors (Lipinski definition) is 0. The Bertz CT molecular complexity index is 1440. The molecular weight excluding hydrogens is 466 g/mol. The summed E-state index contributed by atoms with van der Waals surface area (Å²) in [5.41, 5.74) is 1.24. The van der Waals surface area contributed by atoms with Gasteiger partial charge in [-0.05, 0) is 39.8 Å². The summed E-state index contributed by atoms with van der Waals surface area (Å²) in [6, 6.07) is 10.4. The maximum Gasteiger partial charge on any atom is 0.338 e. The van der Waals surface area contributed by atoms with Crippen LogP contribution in [0.25, 0.3) is 6.08 Å². The normalized spacial score (nSPS) is 15.6. The largest absolute Gasteiger partial charge is 0.496 e. The lowest BCUT2D eigenvalue weighted by Crippen LogP contribution is -2.40. The van der Waals surface area contributed by atoms with Gasteiger partial charge in [0, 0.05) is 30.8 Å². The van der Waals surface area contributed by atoms with E-state index in [-0.39, 0.29) is 12.2 Å². The minimum atomic E-state index is -0.730. The van der Waals surface area contributed by atoms with Crippen molar-refractivity contribution in [3.05, 3.63) is 78.7 Å². The molecule has 2 aromatic heterocycles. The second-order valence-electron chi connectivity index (χ2n) is 7.89. The Labute approximate surface area is 207 Å². The molecule has 0 N–H and O–H groups in total. The number of esters is 1. The zero-order valence-corrected chi connectivity index (χ0v) is 21.3. The number of methoxy groups -OCH3 is 1. The third-order valence-corrected chi connectivity index (χ3v) is 6.89. The number of thiazole rings is 1. The van der Waals surface area contributed by atoms with Gasteiger partial charge in [0.25, 0.3) is 5.56 Å². The molecule has 1 aromatic carbocycles. The molecule has 9 heteroatoms. The van der Waals surface area contributed by atoms with Gasteiger partial charge in [0.2, 0.25) is 0 Å². The summed E-state index contributed by atoms with van der Waals surface area (Å²) in [6.07, 6.45) is 1.72. The van der Waals surface area contributed by atoms with Crippen LogP contribution in [0.3, 0.4) is 0 Å². The van der Waals surface area contributed by atoms with Gasteiger partial charge in [-0.15, -0.1) is 0 Å². The van der Waals surface area contributed by atoms with Crippen LogP contribution in [0.5, 0.6) is 5.75 Å². The van der Waals surface area contributed by atoms with Gasteiger partial charge in [-0.1, -0.05) is 29.5 Å². The lowest BCUT2D eigenvalue weighted by Gasteiger charge is -2.25. The van der Waals surface area contributed by atoms with Crippen molar-refractivity contribution < 1.29 is 18.7 Å². The molecule has 184 valence electrons. The minimum Gasteiger partial charge on any atom is -0.496 e. The minimum absolute atomic E-state index is 0.214. The number of ether oxygens (including phenoxy) is 2. The molecule has 8 nitrogen and oxygen atoms in total. The fraction of sp³-hybridized carbons (Fsp3) is 0.346. The number of para-hydroxylation sites is 1. The van der Waals surface area contributed by atoms with Crippen molar-refractivity contribution in [3.63, 3.8) is 0 Å². The second kappa shape index (κ2) is 10.4. The number of carbonyl (C=O) groups excluding carboxylic acids is 1. The molecule has 4 rings (SSSR count). The lowest BCUT2D eigenvalue weighted by molar-refractivity contribution is -0.139. The summed E-state index contributed by atoms with van der Waals surface area (Å²) in [4.78, 5) is 33.9. The number of rotatable bonds is 8. The number of aromatic nitrogens is 1. The Morgan fingerprint density at radius 1 is 1.20 bits per heavy atom. The molecule has 0 fully saturated rings. The molecular formula is C26H29N3O5S. The van der Waals surface area contributed by atoms with Gasteiger partial charge in [0.1, 0.15) is 17.6 Å². The number of allylic oxidation sites excluding steroid dienone is 1. The van der Waals surface area contributed by atoms with Gasteiger partial charge in [-0.25, -0.2) is 9.79 Å². The van der Waals surface area contributed by atoms with Crippen molar-refractivity contribution in [3.8, 4) is 5.75 Å². The highest BCUT2D eigenvalue weighted by molar-refractivity contribution is 7.07. The highest BCUT2D eigenvalue weighted by Gasteiger charge is 2.34. The third kappa shape index (κ3) is 4.55. The van der Waals surface area contributed by atoms with Gasteiger partial charge in [0.15, 0.2) is 10.7 Å². The molecule has 0 spiro atoms. The van der Waals surface area contributed by atoms with E-state index in [4.69, 9.17) is 13.9 Å². The first-order valence-corrected chi connectivity index (χ1v) is 12.4. The predicted molar refractivity (Wildman–Crippen MR) is 136 cm³/mol. The topological polar surface area (TPSA) is 86.3 Å². The van der Waals surface area contributed by atoms with Crippen LogP contribution in [0.15, 0.2) is 61.9 Å². The summed E-state index contributed by atoms with van der Waals surface area (Å²) in [6.45, 7) is 9.48. The summed E-state index contributed by atoms with van der Waals surface area (Å²) < 4.78 is 18.9. The highest BCUT2D eigenvalue weighted by Crippen LogP contribution is 2.35. The van der Waals surface area contributed by atoms with E-state index in [1.54, 1.807) is 37.7 Å². The maximum absolute atomic E-state index is 13.7. The molecule has 0 saturated carbocycles. The van der Waals surface area contributed by atoms with E-state index >= 15 is 0 Å². The summed E-state index contributed by atoms with van der Waals surface area (Å²) in [5.74, 6) is 1.39. The Morgan fingerprint density at radius 3 is 2.63 bits per heavy atom. The standard InChI is InChI=1S/C26H29N3O5S/c1-6-28(7-2)21-14-13-17(34-21)15-20-24(30)29-23(18-11-9-10-12-19(18)32-5)22(25(31)33-8-3)16(4)27-26(29)35-20/h9-15,23H,6-8H2,1-5H3/b20-15+/t23-/m0/s1. The first-order chi connectivity index (χ1) is 16.9. The van der Waals surface area contributed by atoms with Crippen molar-refractivity contribution in [2.75, 3.05) is 31.7 Å². The number of fused-ring (bicyclic) bond motifs is 1. The van der Waals surface area contributed by atoms with Crippen LogP contribution in [-0.4, -0.2) is 37.3 Å². The quantitative estimate of drug-likeness (QED) is 0.446. The molecule has 1 aliphatic heterocycles. The van der Waals surface area contributed by atoms with E-state index in [9.17, 15) is 9.59 Å². The van der Waals surface area contributed by atoms with Crippen molar-refractivity contribution >= 4 is 29.3 Å². The van der Waals surface area contributed by atoms with Crippen LogP contribution in [-0.2, 0) is 9.53 Å². The van der Waals surface area contributed by atoms with Crippen LogP contribution in [0, 0.1) is 0 Å². The van der Waals surface area contributed by atoms with Crippen molar-refractivity contribution in [2.45, 2.75) is 33.7 Å². The number of hydrogen-bond acceptors (Lipinski definition) is 8. The molecule has 0 amide bonds. The number of benzene rings is 1. The number of furan rings is 1. The second-order valence-corrected chi connectivity index (χ2v) is 8.90. The Hall–Kier alpha value is -3.59. The fourth-order valence-corrected chi connectivity index (χ4v) is 5.26. The number of carbonyl (C=O) groups is 1. The molecule has 0 radical (unpaired) electrons. The molecule has 3 aromatic rings.